The molecule has 2 N–H and O–H groups in total. The number of rotatable bonds is 16. The average Bonchev–Trinajstić information content (AvgIpc) is 2.55. The van der Waals surface area contributed by atoms with E-state index in [1.54, 1.807) is 0 Å². The monoisotopic (exact) mass is 330 g/mol. The number of aliphatic hydroxyl groups is 2. The molecule has 0 aliphatic carbocycles. The molecule has 0 aliphatic heterocycles. The lowest BCUT2D eigenvalue weighted by atomic mass is 10.0. The van der Waals surface area contributed by atoms with Crippen LogP contribution in [0.15, 0.2) is 0 Å². The fraction of sp³-hybridized carbons (Fsp3) is 1.00. The quantitative estimate of drug-likeness (QED) is 0.312. The highest BCUT2D eigenvalue weighted by molar-refractivity contribution is 4.49. The Kier molecular flexibility index (Phi) is 26.5. The summed E-state index contributed by atoms with van der Waals surface area (Å²) < 4.78 is 0. The van der Waals surface area contributed by atoms with Crippen LogP contribution >= 0.6 is 0 Å². The van der Waals surface area contributed by atoms with Crippen molar-refractivity contribution in [3.8, 4) is 0 Å². The molecule has 0 saturated carbocycles. The van der Waals surface area contributed by atoms with Crippen LogP contribution in [-0.2, 0) is 0 Å². The Morgan fingerprint density at radius 1 is 0.522 bits per heavy atom. The summed E-state index contributed by atoms with van der Waals surface area (Å²) in [5.74, 6) is 0. The highest BCUT2D eigenvalue weighted by atomic mass is 16.3. The van der Waals surface area contributed by atoms with Crippen molar-refractivity contribution in [2.75, 3.05) is 6.61 Å². The summed E-state index contributed by atoms with van der Waals surface area (Å²) >= 11 is 0. The van der Waals surface area contributed by atoms with Gasteiger partial charge in [0.2, 0.25) is 0 Å². The average molecular weight is 331 g/mol. The van der Waals surface area contributed by atoms with Crippen LogP contribution in [0.4, 0.5) is 0 Å². The van der Waals surface area contributed by atoms with E-state index in [0.29, 0.717) is 0 Å². The van der Waals surface area contributed by atoms with Gasteiger partial charge in [0.25, 0.3) is 0 Å². The minimum absolute atomic E-state index is 0.139. The molecule has 0 bridgehead atoms. The zero-order valence-electron chi connectivity index (χ0n) is 16.5. The van der Waals surface area contributed by atoms with Crippen LogP contribution in [0, 0.1) is 0 Å². The van der Waals surface area contributed by atoms with E-state index in [0.717, 1.165) is 0 Å². The van der Waals surface area contributed by atoms with Crippen LogP contribution in [0.5, 0.6) is 0 Å². The van der Waals surface area contributed by atoms with E-state index in [9.17, 15) is 0 Å². The molecule has 0 fully saturated rings. The lowest BCUT2D eigenvalue weighted by Gasteiger charge is -2.03. The van der Waals surface area contributed by atoms with Crippen molar-refractivity contribution >= 4 is 0 Å². The van der Waals surface area contributed by atoms with Gasteiger partial charge in [0.15, 0.2) is 0 Å². The van der Waals surface area contributed by atoms with Gasteiger partial charge in [-0.05, 0) is 6.92 Å². The number of hydrogen-bond donors (Lipinski definition) is 2. The van der Waals surface area contributed by atoms with Gasteiger partial charge in [-0.15, -0.1) is 0 Å². The molecule has 0 spiro atoms. The third-order valence-corrected chi connectivity index (χ3v) is 4.22. The summed E-state index contributed by atoms with van der Waals surface area (Å²) in [6.07, 6.45) is 22.9. The summed E-state index contributed by atoms with van der Waals surface area (Å²) in [6.45, 7) is 5.98. The molecule has 0 aliphatic rings. The zero-order valence-corrected chi connectivity index (χ0v) is 16.5. The number of unbranched alkanes of at least 4 members (excludes halogenated alkanes) is 15. The van der Waals surface area contributed by atoms with E-state index in [4.69, 9.17) is 10.2 Å². The molecular formula is C21H46O2. The van der Waals surface area contributed by atoms with E-state index in [1.165, 1.54) is 110 Å². The van der Waals surface area contributed by atoms with Crippen molar-refractivity contribution in [2.24, 2.45) is 0 Å². The minimum Gasteiger partial charge on any atom is -0.394 e. The van der Waals surface area contributed by atoms with Crippen molar-refractivity contribution in [3.63, 3.8) is 0 Å². The van der Waals surface area contributed by atoms with Crippen molar-refractivity contribution in [1.29, 1.82) is 0 Å². The Morgan fingerprint density at radius 3 is 0.826 bits per heavy atom. The highest BCUT2D eigenvalue weighted by Crippen LogP contribution is 2.13. The maximum atomic E-state index is 8.11. The molecule has 142 valence electrons. The molecule has 0 aromatic heterocycles. The van der Waals surface area contributed by atoms with Gasteiger partial charge < -0.3 is 10.2 Å². The van der Waals surface area contributed by atoms with Crippen LogP contribution in [0.1, 0.15) is 124 Å². The van der Waals surface area contributed by atoms with E-state index in [1.807, 2.05) is 0 Å². The molecule has 0 radical (unpaired) electrons. The Bertz CT molecular complexity index is 165. The molecule has 0 aromatic rings. The lowest BCUT2D eigenvalue weighted by molar-refractivity contribution is 0.110. The van der Waals surface area contributed by atoms with Gasteiger partial charge in [0.05, 0.1) is 12.7 Å². The third-order valence-electron chi connectivity index (χ3n) is 4.22. The van der Waals surface area contributed by atoms with E-state index < -0.39 is 6.10 Å². The van der Waals surface area contributed by atoms with Gasteiger partial charge in [-0.2, -0.15) is 0 Å². The molecule has 0 saturated heterocycles. The van der Waals surface area contributed by atoms with Crippen molar-refractivity contribution < 1.29 is 10.2 Å². The van der Waals surface area contributed by atoms with Crippen LogP contribution in [0.25, 0.3) is 0 Å². The first-order chi connectivity index (χ1) is 11.2. The predicted octanol–water partition coefficient (Wildman–Crippen LogP) is 6.63. The summed E-state index contributed by atoms with van der Waals surface area (Å²) in [4.78, 5) is 0. The predicted molar refractivity (Wildman–Crippen MR) is 104 cm³/mol. The molecule has 2 nitrogen and oxygen atoms in total. The second kappa shape index (κ2) is 24.2. The lowest BCUT2D eigenvalue weighted by Crippen LogP contribution is -2.03. The Balaban J connectivity index is 0. The highest BCUT2D eigenvalue weighted by Gasteiger charge is 1.93. The van der Waals surface area contributed by atoms with Crippen molar-refractivity contribution in [2.45, 2.75) is 130 Å². The normalized spacial score (nSPS) is 11.9. The van der Waals surface area contributed by atoms with Gasteiger partial charge in [0.1, 0.15) is 0 Å². The molecule has 2 heteroatoms. The van der Waals surface area contributed by atoms with E-state index in [-0.39, 0.29) is 6.61 Å². The molecule has 1 unspecified atom stereocenters. The fourth-order valence-electron chi connectivity index (χ4n) is 2.62. The SMILES string of the molecule is CC(O)CO.CCCCCCCCCCCCCCCCCC. The maximum Gasteiger partial charge on any atom is 0.0742 e. The second-order valence-corrected chi connectivity index (χ2v) is 6.98. The topological polar surface area (TPSA) is 40.5 Å². The summed E-state index contributed by atoms with van der Waals surface area (Å²) in [5, 5.41) is 16.0. The van der Waals surface area contributed by atoms with Crippen molar-refractivity contribution in [1.82, 2.24) is 0 Å². The minimum atomic E-state index is -0.560. The first kappa shape index (κ1) is 25.2. The second-order valence-electron chi connectivity index (χ2n) is 6.98. The number of aliphatic hydroxyl groups excluding tert-OH is 2. The van der Waals surface area contributed by atoms with Gasteiger partial charge in [-0.3, -0.25) is 0 Å². The molecule has 0 rings (SSSR count). The standard InChI is InChI=1S/C18H38.C3H8O2/c1-3-5-7-9-11-13-15-17-18-16-14-12-10-8-6-4-2;1-3(5)2-4/h3-18H2,1-2H3;3-5H,2H2,1H3. The Morgan fingerprint density at radius 2 is 0.696 bits per heavy atom. The summed E-state index contributed by atoms with van der Waals surface area (Å²) in [6, 6.07) is 0. The summed E-state index contributed by atoms with van der Waals surface area (Å²) in [7, 11) is 0. The molecule has 1 atom stereocenters. The first-order valence-corrected chi connectivity index (χ1v) is 10.5. The van der Waals surface area contributed by atoms with Crippen LogP contribution < -0.4 is 0 Å². The number of hydrogen-bond acceptors (Lipinski definition) is 2. The van der Waals surface area contributed by atoms with Gasteiger partial charge in [-0.25, -0.2) is 0 Å². The van der Waals surface area contributed by atoms with E-state index in [2.05, 4.69) is 13.8 Å². The van der Waals surface area contributed by atoms with Crippen LogP contribution in [0.3, 0.4) is 0 Å². The Labute approximate surface area is 147 Å². The largest absolute Gasteiger partial charge is 0.394 e. The smallest absolute Gasteiger partial charge is 0.0742 e. The third kappa shape index (κ3) is 30.4. The fourth-order valence-corrected chi connectivity index (χ4v) is 2.62. The van der Waals surface area contributed by atoms with Crippen LogP contribution in [0.2, 0.25) is 0 Å². The van der Waals surface area contributed by atoms with Gasteiger partial charge >= 0.3 is 0 Å². The summed E-state index contributed by atoms with van der Waals surface area (Å²) in [5.41, 5.74) is 0. The molecule has 0 amide bonds. The zero-order chi connectivity index (χ0) is 17.6. The maximum absolute atomic E-state index is 8.11. The van der Waals surface area contributed by atoms with Crippen molar-refractivity contribution in [3.05, 3.63) is 0 Å². The van der Waals surface area contributed by atoms with Crippen LogP contribution in [-0.4, -0.2) is 22.9 Å². The van der Waals surface area contributed by atoms with Gasteiger partial charge in [0, 0.05) is 0 Å². The molecular weight excluding hydrogens is 284 g/mol. The van der Waals surface area contributed by atoms with E-state index >= 15 is 0 Å². The first-order valence-electron chi connectivity index (χ1n) is 10.5. The van der Waals surface area contributed by atoms with Gasteiger partial charge in [-0.1, -0.05) is 117 Å². The molecule has 0 aromatic carbocycles. The Hall–Kier alpha value is -0.0800. The molecule has 0 heterocycles. The molecule has 23 heavy (non-hydrogen) atoms.